The van der Waals surface area contributed by atoms with Gasteiger partial charge in [0.25, 0.3) is 0 Å². The first-order valence-corrected chi connectivity index (χ1v) is 11.4. The van der Waals surface area contributed by atoms with Crippen molar-refractivity contribution in [3.63, 3.8) is 0 Å². The van der Waals surface area contributed by atoms with Crippen molar-refractivity contribution < 1.29 is 19.4 Å². The number of hydrogen-bond donors (Lipinski definition) is 1. The van der Waals surface area contributed by atoms with Gasteiger partial charge in [-0.1, -0.05) is 65.7 Å². The van der Waals surface area contributed by atoms with Gasteiger partial charge in [-0.15, -0.1) is 0 Å². The van der Waals surface area contributed by atoms with Crippen LogP contribution in [0.25, 0.3) is 0 Å². The highest BCUT2D eigenvalue weighted by Crippen LogP contribution is 2.31. The summed E-state index contributed by atoms with van der Waals surface area (Å²) in [6, 6.07) is 0. The van der Waals surface area contributed by atoms with E-state index in [9.17, 15) is 14.7 Å². The normalized spacial score (nSPS) is 21.2. The first-order valence-electron chi connectivity index (χ1n) is 11.4. The van der Waals surface area contributed by atoms with Crippen molar-refractivity contribution in [3.05, 3.63) is 0 Å². The number of carboxylic acid groups (broad SMARTS) is 1. The lowest BCUT2D eigenvalue weighted by molar-refractivity contribution is -0.158. The molecule has 1 saturated carbocycles. The molecule has 4 nitrogen and oxygen atoms in total. The van der Waals surface area contributed by atoms with E-state index in [2.05, 4.69) is 20.8 Å². The molecule has 0 amide bonds. The lowest BCUT2D eigenvalue weighted by Crippen LogP contribution is -2.31. The fraction of sp³-hybridized carbons (Fsp3) is 0.913. The van der Waals surface area contributed by atoms with Gasteiger partial charge in [-0.2, -0.15) is 0 Å². The van der Waals surface area contributed by atoms with Gasteiger partial charge in [-0.05, 0) is 50.9 Å². The monoisotopic (exact) mass is 382 g/mol. The summed E-state index contributed by atoms with van der Waals surface area (Å²) in [7, 11) is 0. The second kappa shape index (κ2) is 14.0. The summed E-state index contributed by atoms with van der Waals surface area (Å²) < 4.78 is 5.90. The van der Waals surface area contributed by atoms with Gasteiger partial charge in [0, 0.05) is 0 Å². The number of aliphatic carboxylic acids is 1. The van der Waals surface area contributed by atoms with Crippen LogP contribution in [0.1, 0.15) is 111 Å². The Morgan fingerprint density at radius 1 is 0.926 bits per heavy atom. The van der Waals surface area contributed by atoms with E-state index < -0.39 is 5.97 Å². The molecule has 0 aromatic heterocycles. The molecule has 27 heavy (non-hydrogen) atoms. The third-order valence-corrected chi connectivity index (χ3v) is 5.83. The highest BCUT2D eigenvalue weighted by molar-refractivity contribution is 5.75. The predicted octanol–water partition coefficient (Wildman–Crippen LogP) is 6.37. The average molecular weight is 383 g/mol. The van der Waals surface area contributed by atoms with Gasteiger partial charge in [0.2, 0.25) is 0 Å². The molecule has 1 fully saturated rings. The number of carbonyl (C=O) groups is 2. The summed E-state index contributed by atoms with van der Waals surface area (Å²) >= 11 is 0. The summed E-state index contributed by atoms with van der Waals surface area (Å²) in [5.41, 5.74) is 0. The Morgan fingerprint density at radius 2 is 1.56 bits per heavy atom. The van der Waals surface area contributed by atoms with E-state index in [0.29, 0.717) is 18.8 Å². The highest BCUT2D eigenvalue weighted by atomic mass is 16.5. The van der Waals surface area contributed by atoms with E-state index in [1.807, 2.05) is 0 Å². The average Bonchev–Trinajstić information content (AvgIpc) is 2.64. The Bertz CT molecular complexity index is 419. The zero-order valence-corrected chi connectivity index (χ0v) is 17.9. The van der Waals surface area contributed by atoms with E-state index in [1.54, 1.807) is 0 Å². The topological polar surface area (TPSA) is 63.6 Å². The second-order valence-corrected chi connectivity index (χ2v) is 8.84. The number of carbonyl (C=O) groups excluding carboxylic acids is 1. The highest BCUT2D eigenvalue weighted by Gasteiger charge is 2.32. The molecule has 1 aliphatic rings. The standard InChI is InChI=1S/C23H42O4/c1-4-5-6-7-8-9-15-21(16-10-12-18(2)3)27-23(26)20-14-11-13-19(17-20)22(24)25/h18-21H,4-17H2,1-3H3,(H,24,25). The Labute approximate surface area is 166 Å². The van der Waals surface area contributed by atoms with Crippen molar-refractivity contribution in [1.82, 2.24) is 0 Å². The van der Waals surface area contributed by atoms with Gasteiger partial charge in [-0.25, -0.2) is 0 Å². The molecule has 4 heteroatoms. The quantitative estimate of drug-likeness (QED) is 0.280. The Kier molecular flexibility index (Phi) is 12.4. The molecule has 0 bridgehead atoms. The number of carboxylic acids is 1. The van der Waals surface area contributed by atoms with Crippen LogP contribution in [-0.2, 0) is 14.3 Å². The van der Waals surface area contributed by atoms with Crippen molar-refractivity contribution in [1.29, 1.82) is 0 Å². The maximum Gasteiger partial charge on any atom is 0.309 e. The first-order chi connectivity index (χ1) is 12.9. The van der Waals surface area contributed by atoms with Gasteiger partial charge in [-0.3, -0.25) is 9.59 Å². The van der Waals surface area contributed by atoms with Crippen molar-refractivity contribution in [2.75, 3.05) is 0 Å². The van der Waals surface area contributed by atoms with Gasteiger partial charge in [0.15, 0.2) is 0 Å². The van der Waals surface area contributed by atoms with Crippen LogP contribution in [0, 0.1) is 17.8 Å². The van der Waals surface area contributed by atoms with Crippen LogP contribution >= 0.6 is 0 Å². The lowest BCUT2D eigenvalue weighted by Gasteiger charge is -2.27. The molecular formula is C23H42O4. The van der Waals surface area contributed by atoms with E-state index in [1.165, 1.54) is 32.1 Å². The summed E-state index contributed by atoms with van der Waals surface area (Å²) in [5, 5.41) is 9.24. The SMILES string of the molecule is CCCCCCCCC(CCCC(C)C)OC(=O)C1CCCC(C(=O)O)C1. The van der Waals surface area contributed by atoms with Crippen LogP contribution in [0.3, 0.4) is 0 Å². The Morgan fingerprint density at radius 3 is 2.22 bits per heavy atom. The third-order valence-electron chi connectivity index (χ3n) is 5.83. The zero-order chi connectivity index (χ0) is 20.1. The van der Waals surface area contributed by atoms with Gasteiger partial charge in [0.1, 0.15) is 6.10 Å². The van der Waals surface area contributed by atoms with Gasteiger partial charge >= 0.3 is 11.9 Å². The van der Waals surface area contributed by atoms with E-state index in [4.69, 9.17) is 4.74 Å². The Balaban J connectivity index is 2.44. The first kappa shape index (κ1) is 24.0. The summed E-state index contributed by atoms with van der Waals surface area (Å²) in [6.07, 6.45) is 14.3. The smallest absolute Gasteiger partial charge is 0.309 e. The summed E-state index contributed by atoms with van der Waals surface area (Å²) in [6.45, 7) is 6.68. The van der Waals surface area contributed by atoms with Gasteiger partial charge < -0.3 is 9.84 Å². The van der Waals surface area contributed by atoms with Crippen LogP contribution in [0.2, 0.25) is 0 Å². The number of esters is 1. The van der Waals surface area contributed by atoms with Crippen molar-refractivity contribution in [2.24, 2.45) is 17.8 Å². The molecule has 1 N–H and O–H groups in total. The molecular weight excluding hydrogens is 340 g/mol. The molecule has 0 aliphatic heterocycles. The molecule has 3 unspecified atom stereocenters. The zero-order valence-electron chi connectivity index (χ0n) is 17.9. The minimum Gasteiger partial charge on any atom is -0.481 e. The van der Waals surface area contributed by atoms with E-state index in [-0.39, 0.29) is 23.9 Å². The number of hydrogen-bond acceptors (Lipinski definition) is 3. The molecule has 0 aromatic carbocycles. The molecule has 0 saturated heterocycles. The van der Waals surface area contributed by atoms with Crippen LogP contribution in [-0.4, -0.2) is 23.1 Å². The largest absolute Gasteiger partial charge is 0.481 e. The van der Waals surface area contributed by atoms with Crippen LogP contribution in [0.15, 0.2) is 0 Å². The van der Waals surface area contributed by atoms with Crippen molar-refractivity contribution in [3.8, 4) is 0 Å². The number of ether oxygens (including phenoxy) is 1. The molecule has 1 aliphatic carbocycles. The van der Waals surface area contributed by atoms with Crippen molar-refractivity contribution in [2.45, 2.75) is 117 Å². The lowest BCUT2D eigenvalue weighted by atomic mass is 9.81. The molecule has 158 valence electrons. The summed E-state index contributed by atoms with van der Waals surface area (Å²) in [5.74, 6) is -0.856. The number of unbranched alkanes of at least 4 members (excludes halogenated alkanes) is 5. The fourth-order valence-corrected chi connectivity index (χ4v) is 4.06. The maximum atomic E-state index is 12.6. The maximum absolute atomic E-state index is 12.6. The van der Waals surface area contributed by atoms with Crippen LogP contribution in [0.5, 0.6) is 0 Å². The van der Waals surface area contributed by atoms with Crippen LogP contribution < -0.4 is 0 Å². The predicted molar refractivity (Wildman–Crippen MR) is 110 cm³/mol. The van der Waals surface area contributed by atoms with Gasteiger partial charge in [0.05, 0.1) is 11.8 Å². The summed E-state index contributed by atoms with van der Waals surface area (Å²) in [4.78, 5) is 23.9. The van der Waals surface area contributed by atoms with E-state index >= 15 is 0 Å². The molecule has 1 rings (SSSR count). The van der Waals surface area contributed by atoms with E-state index in [0.717, 1.165) is 44.9 Å². The van der Waals surface area contributed by atoms with Crippen LogP contribution in [0.4, 0.5) is 0 Å². The minimum absolute atomic E-state index is 0.00706. The molecule has 0 aromatic rings. The second-order valence-electron chi connectivity index (χ2n) is 8.84. The van der Waals surface area contributed by atoms with Crippen molar-refractivity contribution >= 4 is 11.9 Å². The minimum atomic E-state index is -0.770. The molecule has 0 heterocycles. The Hall–Kier alpha value is -1.06. The molecule has 0 radical (unpaired) electrons. The molecule has 3 atom stereocenters. The third kappa shape index (κ3) is 10.8. The fourth-order valence-electron chi connectivity index (χ4n) is 4.06. The molecule has 0 spiro atoms. The number of rotatable bonds is 14.